The number of nitrogens with one attached hydrogen (secondary N) is 2. The Hall–Kier alpha value is -1.25. The molecule has 0 aliphatic rings. The number of carboxylic acid groups (broad SMARTS) is 3. The minimum atomic E-state index is -1.12. The minimum absolute atomic E-state index is 0.0760. The molecule has 5 N–H and O–H groups in total. The summed E-state index contributed by atoms with van der Waals surface area (Å²) in [4.78, 5) is 55.2. The first kappa shape index (κ1) is 29.8. The van der Waals surface area contributed by atoms with E-state index >= 15 is 0 Å². The van der Waals surface area contributed by atoms with Gasteiger partial charge in [0.05, 0.1) is 0 Å². The van der Waals surface area contributed by atoms with Crippen LogP contribution in [0.3, 0.4) is 0 Å². The van der Waals surface area contributed by atoms with E-state index in [0.717, 1.165) is 0 Å². The van der Waals surface area contributed by atoms with Crippen LogP contribution in [0.5, 0.6) is 0 Å². The van der Waals surface area contributed by atoms with E-state index in [0.29, 0.717) is 25.0 Å². The summed E-state index contributed by atoms with van der Waals surface area (Å²) in [5, 5.41) is 31.9. The molecule has 0 rings (SSSR count). The molecule has 0 heterocycles. The highest BCUT2D eigenvalue weighted by atomic mass is 33.1. The summed E-state index contributed by atoms with van der Waals surface area (Å²) >= 11 is 0. The lowest BCUT2D eigenvalue weighted by atomic mass is 10.1. The lowest BCUT2D eigenvalue weighted by Gasteiger charge is -2.18. The molecule has 3 atom stereocenters. The Labute approximate surface area is 196 Å². The molecule has 0 aliphatic carbocycles. The van der Waals surface area contributed by atoms with Gasteiger partial charge in [-0.2, -0.15) is 0 Å². The summed E-state index contributed by atoms with van der Waals surface area (Å²) in [6, 6.07) is -1.99. The van der Waals surface area contributed by atoms with Crippen molar-refractivity contribution < 1.29 is 39.3 Å². The molecule has 2 amide bonds. The fourth-order valence-electron chi connectivity index (χ4n) is 2.09. The molecule has 0 radical (unpaired) electrons. The standard InChI is InChI=1S/C17H28N2O8S4/c1-10(20)18-13(16(24)25)8-29-28-7-12(5-3-4-6-15(22)23)31-30-9-14(17(26)27)19-11(2)21/h12-14H,3-9H2,1-2H3,(H,18,20)(H,19,21)(H,22,23)(H,24,25)(H,26,27). The lowest BCUT2D eigenvalue weighted by molar-refractivity contribution is -0.141. The van der Waals surface area contributed by atoms with Crippen molar-refractivity contribution in [3.8, 4) is 0 Å². The van der Waals surface area contributed by atoms with Crippen LogP contribution in [0.1, 0.15) is 39.5 Å². The maximum absolute atomic E-state index is 11.2. The monoisotopic (exact) mass is 516 g/mol. The Morgan fingerprint density at radius 3 is 1.68 bits per heavy atom. The zero-order chi connectivity index (χ0) is 23.8. The number of hydrogen-bond donors (Lipinski definition) is 5. The third-order valence-corrected chi connectivity index (χ3v) is 9.14. The molecule has 0 aromatic heterocycles. The van der Waals surface area contributed by atoms with Crippen molar-refractivity contribution in [3.63, 3.8) is 0 Å². The molecule has 0 bridgehead atoms. The van der Waals surface area contributed by atoms with Gasteiger partial charge in [-0.3, -0.25) is 14.4 Å². The fourth-order valence-corrected chi connectivity index (χ4v) is 8.03. The van der Waals surface area contributed by atoms with Crippen molar-refractivity contribution in [2.45, 2.75) is 56.9 Å². The average Bonchev–Trinajstić information content (AvgIpc) is 2.64. The highest BCUT2D eigenvalue weighted by Gasteiger charge is 2.21. The number of carboxylic acids is 3. The zero-order valence-electron chi connectivity index (χ0n) is 17.2. The van der Waals surface area contributed by atoms with E-state index in [2.05, 4.69) is 10.6 Å². The van der Waals surface area contributed by atoms with Crippen molar-refractivity contribution in [1.29, 1.82) is 0 Å². The second-order valence-electron chi connectivity index (χ2n) is 6.39. The highest BCUT2D eigenvalue weighted by Crippen LogP contribution is 2.35. The lowest BCUT2D eigenvalue weighted by Crippen LogP contribution is -2.41. The van der Waals surface area contributed by atoms with Gasteiger partial charge < -0.3 is 26.0 Å². The summed E-state index contributed by atoms with van der Waals surface area (Å²) in [6.45, 7) is 2.50. The molecular weight excluding hydrogens is 488 g/mol. The number of rotatable bonds is 18. The molecule has 178 valence electrons. The number of hydrogen-bond acceptors (Lipinski definition) is 9. The molecule has 3 unspecified atom stereocenters. The van der Waals surface area contributed by atoms with Crippen molar-refractivity contribution in [2.75, 3.05) is 17.3 Å². The molecule has 0 aromatic carbocycles. The van der Waals surface area contributed by atoms with Crippen molar-refractivity contribution >= 4 is 72.9 Å². The van der Waals surface area contributed by atoms with Gasteiger partial charge in [-0.1, -0.05) is 49.6 Å². The first-order valence-electron chi connectivity index (χ1n) is 9.27. The Balaban J connectivity index is 4.58. The molecular formula is C17H28N2O8S4. The van der Waals surface area contributed by atoms with Crippen LogP contribution in [0.4, 0.5) is 0 Å². The van der Waals surface area contributed by atoms with Crippen molar-refractivity contribution in [2.24, 2.45) is 0 Å². The maximum atomic E-state index is 11.2. The van der Waals surface area contributed by atoms with Gasteiger partial charge in [-0.05, 0) is 12.8 Å². The van der Waals surface area contributed by atoms with E-state index < -0.39 is 41.8 Å². The van der Waals surface area contributed by atoms with Crippen molar-refractivity contribution in [3.05, 3.63) is 0 Å². The molecule has 0 spiro atoms. The summed E-state index contributed by atoms with van der Waals surface area (Å²) in [6.07, 6.45) is 2.01. The van der Waals surface area contributed by atoms with Gasteiger partial charge in [0, 0.05) is 42.8 Å². The van der Waals surface area contributed by atoms with Crippen LogP contribution in [0.25, 0.3) is 0 Å². The summed E-state index contributed by atoms with van der Waals surface area (Å²) in [7, 11) is 5.53. The number of carbonyl (C=O) groups is 5. The van der Waals surface area contributed by atoms with Gasteiger partial charge >= 0.3 is 17.9 Å². The summed E-state index contributed by atoms with van der Waals surface area (Å²) < 4.78 is 0. The van der Waals surface area contributed by atoms with Gasteiger partial charge in [0.25, 0.3) is 0 Å². The van der Waals surface area contributed by atoms with Gasteiger partial charge in [0.15, 0.2) is 0 Å². The van der Waals surface area contributed by atoms with E-state index in [9.17, 15) is 24.0 Å². The predicted molar refractivity (Wildman–Crippen MR) is 125 cm³/mol. The van der Waals surface area contributed by atoms with Crippen LogP contribution in [-0.4, -0.2) is 79.6 Å². The second-order valence-corrected chi connectivity index (χ2v) is 11.7. The molecule has 10 nitrogen and oxygen atoms in total. The number of unbranched alkanes of at least 4 members (excludes halogenated alkanes) is 1. The highest BCUT2D eigenvalue weighted by molar-refractivity contribution is 8.78. The van der Waals surface area contributed by atoms with Gasteiger partial charge in [0.2, 0.25) is 11.8 Å². The Kier molecular flexibility index (Phi) is 16.6. The van der Waals surface area contributed by atoms with Crippen LogP contribution in [0.2, 0.25) is 0 Å². The quantitative estimate of drug-likeness (QED) is 0.133. The van der Waals surface area contributed by atoms with E-state index in [4.69, 9.17) is 15.3 Å². The van der Waals surface area contributed by atoms with Crippen LogP contribution in [-0.2, 0) is 24.0 Å². The minimum Gasteiger partial charge on any atom is -0.481 e. The maximum Gasteiger partial charge on any atom is 0.327 e. The Bertz CT molecular complexity index is 623. The largest absolute Gasteiger partial charge is 0.481 e. The first-order valence-corrected chi connectivity index (χ1v) is 14.1. The van der Waals surface area contributed by atoms with Crippen LogP contribution >= 0.6 is 43.2 Å². The zero-order valence-corrected chi connectivity index (χ0v) is 20.5. The van der Waals surface area contributed by atoms with Gasteiger partial charge in [-0.25, -0.2) is 9.59 Å². The smallest absolute Gasteiger partial charge is 0.327 e. The number of amides is 2. The molecule has 0 saturated carbocycles. The average molecular weight is 517 g/mol. The van der Waals surface area contributed by atoms with Crippen LogP contribution in [0.15, 0.2) is 0 Å². The Morgan fingerprint density at radius 1 is 0.742 bits per heavy atom. The predicted octanol–water partition coefficient (Wildman–Crippen LogP) is 1.94. The molecule has 0 fully saturated rings. The first-order chi connectivity index (χ1) is 14.5. The molecule has 0 saturated heterocycles. The SMILES string of the molecule is CC(=O)NC(CSSCC(CCCCC(=O)O)SSCC(NC(C)=O)C(=O)O)C(=O)O. The van der Waals surface area contributed by atoms with Crippen molar-refractivity contribution in [1.82, 2.24) is 10.6 Å². The third-order valence-electron chi connectivity index (χ3n) is 3.53. The molecule has 31 heavy (non-hydrogen) atoms. The van der Waals surface area contributed by atoms with E-state index in [-0.39, 0.29) is 23.2 Å². The fraction of sp³-hybridized carbons (Fsp3) is 0.706. The number of carbonyl (C=O) groups excluding carboxylic acids is 2. The topological polar surface area (TPSA) is 170 Å². The van der Waals surface area contributed by atoms with Gasteiger partial charge in [0.1, 0.15) is 12.1 Å². The summed E-state index contributed by atoms with van der Waals surface area (Å²) in [5.74, 6) is -2.96. The van der Waals surface area contributed by atoms with Gasteiger partial charge in [-0.15, -0.1) is 0 Å². The van der Waals surface area contributed by atoms with E-state index in [1.807, 2.05) is 0 Å². The normalized spacial score (nSPS) is 13.6. The molecule has 0 aromatic rings. The van der Waals surface area contributed by atoms with E-state index in [1.165, 1.54) is 57.0 Å². The van der Waals surface area contributed by atoms with E-state index in [1.54, 1.807) is 0 Å². The van der Waals surface area contributed by atoms with Crippen LogP contribution in [0, 0.1) is 0 Å². The van der Waals surface area contributed by atoms with Crippen LogP contribution < -0.4 is 10.6 Å². The third kappa shape index (κ3) is 17.0. The summed E-state index contributed by atoms with van der Waals surface area (Å²) in [5.41, 5.74) is 0. The number of aliphatic carboxylic acids is 3. The molecule has 14 heteroatoms. The second kappa shape index (κ2) is 17.3. The molecule has 0 aliphatic heterocycles. The Morgan fingerprint density at radius 2 is 1.23 bits per heavy atom.